The number of nitrogens with zero attached hydrogens (tertiary/aromatic N) is 1. The van der Waals surface area contributed by atoms with Crippen LogP contribution < -0.4 is 9.62 Å². The largest absolute Gasteiger partial charge is 0.322 e. The van der Waals surface area contributed by atoms with Crippen LogP contribution in [0, 0.1) is 6.92 Å². The molecule has 0 spiro atoms. The second kappa shape index (κ2) is 7.78. The fourth-order valence-electron chi connectivity index (χ4n) is 3.67. The van der Waals surface area contributed by atoms with Crippen molar-refractivity contribution in [3.05, 3.63) is 88.4 Å². The maximum atomic E-state index is 13.2. The molecule has 1 amide bonds. The van der Waals surface area contributed by atoms with Crippen molar-refractivity contribution in [2.75, 3.05) is 9.62 Å². The van der Waals surface area contributed by atoms with Gasteiger partial charge in [-0.05, 0) is 80.4 Å². The van der Waals surface area contributed by atoms with Crippen molar-refractivity contribution in [2.45, 2.75) is 31.2 Å². The molecule has 154 valence electrons. The third-order valence-electron chi connectivity index (χ3n) is 5.17. The van der Waals surface area contributed by atoms with Crippen LogP contribution in [-0.2, 0) is 16.4 Å². The molecule has 1 heterocycles. The molecule has 0 fully saturated rings. The van der Waals surface area contributed by atoms with E-state index in [2.05, 4.69) is 5.32 Å². The Hall–Kier alpha value is -2.83. The number of hydrogen-bond acceptors (Lipinski definition) is 3. The smallest absolute Gasteiger partial charge is 0.264 e. The minimum absolute atomic E-state index is 0.235. The lowest BCUT2D eigenvalue weighted by molar-refractivity contribution is 0.102. The summed E-state index contributed by atoms with van der Waals surface area (Å²) in [6, 6.07) is 18.6. The minimum Gasteiger partial charge on any atom is -0.322 e. The summed E-state index contributed by atoms with van der Waals surface area (Å²) in [5.74, 6) is -0.257. The first-order valence-corrected chi connectivity index (χ1v) is 11.4. The quantitative estimate of drug-likeness (QED) is 0.618. The Kier molecular flexibility index (Phi) is 5.30. The van der Waals surface area contributed by atoms with E-state index in [0.717, 1.165) is 11.1 Å². The van der Waals surface area contributed by atoms with Crippen molar-refractivity contribution in [3.8, 4) is 0 Å². The summed E-state index contributed by atoms with van der Waals surface area (Å²) >= 11 is 5.88. The molecule has 0 aliphatic carbocycles. The lowest BCUT2D eigenvalue weighted by Gasteiger charge is -2.24. The summed E-state index contributed by atoms with van der Waals surface area (Å²) < 4.78 is 27.9. The molecule has 0 radical (unpaired) electrons. The summed E-state index contributed by atoms with van der Waals surface area (Å²) in [4.78, 5) is 12.9. The molecule has 0 unspecified atom stereocenters. The van der Waals surface area contributed by atoms with Gasteiger partial charge < -0.3 is 5.32 Å². The van der Waals surface area contributed by atoms with E-state index in [-0.39, 0.29) is 16.8 Å². The molecule has 3 aromatic rings. The number of fused-ring (bicyclic) bond motifs is 1. The molecule has 30 heavy (non-hydrogen) atoms. The molecule has 5 nitrogen and oxygen atoms in total. The van der Waals surface area contributed by atoms with Crippen molar-refractivity contribution in [1.82, 2.24) is 0 Å². The SMILES string of the molecule is Cc1ccc(S(=O)(=O)N2c3ccc(C(=O)Nc4ccc(Cl)cc4)cc3C[C@@H]2C)cc1. The van der Waals surface area contributed by atoms with E-state index < -0.39 is 10.0 Å². The van der Waals surface area contributed by atoms with Gasteiger partial charge in [-0.3, -0.25) is 9.10 Å². The van der Waals surface area contributed by atoms with Gasteiger partial charge in [0, 0.05) is 22.3 Å². The zero-order valence-electron chi connectivity index (χ0n) is 16.6. The fourth-order valence-corrected chi connectivity index (χ4v) is 5.49. The van der Waals surface area contributed by atoms with Gasteiger partial charge in [-0.2, -0.15) is 0 Å². The van der Waals surface area contributed by atoms with Gasteiger partial charge in [0.05, 0.1) is 10.6 Å². The highest BCUT2D eigenvalue weighted by atomic mass is 35.5. The number of sulfonamides is 1. The molecule has 4 rings (SSSR count). The number of halogens is 1. The Morgan fingerprint density at radius 1 is 1.03 bits per heavy atom. The molecule has 1 atom stereocenters. The molecule has 7 heteroatoms. The van der Waals surface area contributed by atoms with Gasteiger partial charge in [0.1, 0.15) is 0 Å². The van der Waals surface area contributed by atoms with E-state index in [4.69, 9.17) is 11.6 Å². The van der Waals surface area contributed by atoms with Crippen molar-refractivity contribution >= 4 is 38.9 Å². The molecule has 3 aromatic carbocycles. The van der Waals surface area contributed by atoms with Crippen LogP contribution in [0.3, 0.4) is 0 Å². The molecule has 0 aromatic heterocycles. The number of carbonyl (C=O) groups excluding carboxylic acids is 1. The zero-order chi connectivity index (χ0) is 21.5. The van der Waals surface area contributed by atoms with Crippen molar-refractivity contribution in [1.29, 1.82) is 0 Å². The predicted octanol–water partition coefficient (Wildman–Crippen LogP) is 5.04. The minimum atomic E-state index is -3.68. The number of hydrogen-bond donors (Lipinski definition) is 1. The number of carbonyl (C=O) groups is 1. The van der Waals surface area contributed by atoms with Crippen LogP contribution in [0.4, 0.5) is 11.4 Å². The zero-order valence-corrected chi connectivity index (χ0v) is 18.2. The molecule has 0 saturated heterocycles. The lowest BCUT2D eigenvalue weighted by atomic mass is 10.1. The topological polar surface area (TPSA) is 66.5 Å². The van der Waals surface area contributed by atoms with Crippen LogP contribution in [0.5, 0.6) is 0 Å². The van der Waals surface area contributed by atoms with Crippen LogP contribution >= 0.6 is 11.6 Å². The average molecular weight is 441 g/mol. The third-order valence-corrected chi connectivity index (χ3v) is 7.37. The Bertz CT molecular complexity index is 1210. The van der Waals surface area contributed by atoms with E-state index in [1.165, 1.54) is 4.31 Å². The van der Waals surface area contributed by atoms with Gasteiger partial charge >= 0.3 is 0 Å². The predicted molar refractivity (Wildman–Crippen MR) is 120 cm³/mol. The summed E-state index contributed by atoms with van der Waals surface area (Å²) in [6.07, 6.45) is 0.544. The van der Waals surface area contributed by atoms with E-state index in [0.29, 0.717) is 28.4 Å². The third kappa shape index (κ3) is 3.80. The number of amides is 1. The highest BCUT2D eigenvalue weighted by molar-refractivity contribution is 7.92. The van der Waals surface area contributed by atoms with Crippen LogP contribution in [0.25, 0.3) is 0 Å². The van der Waals surface area contributed by atoms with E-state index in [1.54, 1.807) is 66.7 Å². The Morgan fingerprint density at radius 3 is 2.37 bits per heavy atom. The molecular weight excluding hydrogens is 420 g/mol. The van der Waals surface area contributed by atoms with Gasteiger partial charge in [-0.15, -0.1) is 0 Å². The standard InChI is InChI=1S/C23H21ClN2O3S/c1-15-3-10-21(11-4-15)30(28,29)26-16(2)13-18-14-17(5-12-22(18)26)23(27)25-20-8-6-19(24)7-9-20/h3-12,14,16H,13H2,1-2H3,(H,25,27)/t16-/m0/s1. The second-order valence-corrected chi connectivity index (χ2v) is 9.72. The maximum Gasteiger partial charge on any atom is 0.264 e. The van der Waals surface area contributed by atoms with Crippen LogP contribution in [0.1, 0.15) is 28.4 Å². The highest BCUT2D eigenvalue weighted by Gasteiger charge is 2.36. The highest BCUT2D eigenvalue weighted by Crippen LogP contribution is 2.37. The number of nitrogens with one attached hydrogen (secondary N) is 1. The van der Waals surface area contributed by atoms with Crippen LogP contribution in [0.2, 0.25) is 5.02 Å². The summed E-state index contributed by atoms with van der Waals surface area (Å²) in [5.41, 5.74) is 3.57. The van der Waals surface area contributed by atoms with Gasteiger partial charge in [0.2, 0.25) is 0 Å². The molecular formula is C23H21ClN2O3S. The van der Waals surface area contributed by atoms with Gasteiger partial charge in [-0.25, -0.2) is 8.42 Å². The van der Waals surface area contributed by atoms with Crippen LogP contribution in [0.15, 0.2) is 71.6 Å². The monoisotopic (exact) mass is 440 g/mol. The van der Waals surface area contributed by atoms with E-state index in [1.807, 2.05) is 13.8 Å². The van der Waals surface area contributed by atoms with E-state index in [9.17, 15) is 13.2 Å². The first-order valence-electron chi connectivity index (χ1n) is 9.56. The van der Waals surface area contributed by atoms with Crippen molar-refractivity contribution in [3.63, 3.8) is 0 Å². The van der Waals surface area contributed by atoms with Crippen molar-refractivity contribution < 1.29 is 13.2 Å². The van der Waals surface area contributed by atoms with Gasteiger partial charge in [0.15, 0.2) is 0 Å². The Labute approximate surface area is 181 Å². The first-order chi connectivity index (χ1) is 14.3. The molecule has 1 aliphatic rings. The molecule has 0 saturated carbocycles. The van der Waals surface area contributed by atoms with Crippen LogP contribution in [-0.4, -0.2) is 20.4 Å². The summed E-state index contributed by atoms with van der Waals surface area (Å²) in [7, 11) is -3.68. The number of anilines is 2. The number of benzene rings is 3. The lowest BCUT2D eigenvalue weighted by Crippen LogP contribution is -2.35. The summed E-state index contributed by atoms with van der Waals surface area (Å²) in [6.45, 7) is 3.79. The number of rotatable bonds is 4. The normalized spacial score (nSPS) is 15.7. The Balaban J connectivity index is 1.62. The molecule has 1 N–H and O–H groups in total. The average Bonchev–Trinajstić information content (AvgIpc) is 3.05. The molecule has 1 aliphatic heterocycles. The van der Waals surface area contributed by atoms with E-state index >= 15 is 0 Å². The first kappa shape index (κ1) is 20.4. The van der Waals surface area contributed by atoms with Gasteiger partial charge in [0.25, 0.3) is 15.9 Å². The summed E-state index contributed by atoms with van der Waals surface area (Å²) in [5, 5.41) is 3.42. The molecule has 0 bridgehead atoms. The Morgan fingerprint density at radius 2 is 1.70 bits per heavy atom. The fraction of sp³-hybridized carbons (Fsp3) is 0.174. The number of aryl methyl sites for hydroxylation is 1. The van der Waals surface area contributed by atoms with Gasteiger partial charge in [-0.1, -0.05) is 29.3 Å². The van der Waals surface area contributed by atoms with Crippen molar-refractivity contribution in [2.24, 2.45) is 0 Å². The second-order valence-electron chi connectivity index (χ2n) is 7.47. The maximum absolute atomic E-state index is 13.2.